The summed E-state index contributed by atoms with van der Waals surface area (Å²) in [6, 6.07) is 0. The Labute approximate surface area is 83.5 Å². The van der Waals surface area contributed by atoms with Gasteiger partial charge in [0.05, 0.1) is 13.7 Å². The second-order valence-corrected chi connectivity index (χ2v) is 3.28. The third kappa shape index (κ3) is 1.76. The lowest BCUT2D eigenvalue weighted by Crippen LogP contribution is -2.30. The Morgan fingerprint density at radius 2 is 2.07 bits per heavy atom. The van der Waals surface area contributed by atoms with E-state index in [4.69, 9.17) is 14.6 Å². The number of rotatable bonds is 3. The fourth-order valence-electron chi connectivity index (χ4n) is 1.61. The highest BCUT2D eigenvalue weighted by Gasteiger charge is 2.30. The Morgan fingerprint density at radius 3 is 2.50 bits per heavy atom. The van der Waals surface area contributed by atoms with E-state index in [-0.39, 0.29) is 18.3 Å². The molecule has 0 amide bonds. The molecule has 0 aromatic carbocycles. The van der Waals surface area contributed by atoms with E-state index < -0.39 is 6.10 Å². The number of aliphatic hydroxyl groups excluding tert-OH is 2. The van der Waals surface area contributed by atoms with Gasteiger partial charge in [-0.25, -0.2) is 0 Å². The molecular weight excluding hydrogens is 184 g/mol. The van der Waals surface area contributed by atoms with Crippen molar-refractivity contribution in [3.05, 3.63) is 23.2 Å². The van der Waals surface area contributed by atoms with Crippen molar-refractivity contribution < 1.29 is 19.7 Å². The molecule has 1 rings (SSSR count). The molecule has 0 spiro atoms. The molecule has 0 saturated carbocycles. The van der Waals surface area contributed by atoms with Crippen molar-refractivity contribution in [1.29, 1.82) is 0 Å². The van der Waals surface area contributed by atoms with Gasteiger partial charge >= 0.3 is 0 Å². The summed E-state index contributed by atoms with van der Waals surface area (Å²) in [5, 5.41) is 18.8. The Bertz CT molecular complexity index is 267. The Morgan fingerprint density at radius 1 is 1.43 bits per heavy atom. The SMILES string of the molecule is COC1=C(O)C(OC)C(C)C(CO)=C1. The smallest absolute Gasteiger partial charge is 0.164 e. The van der Waals surface area contributed by atoms with E-state index in [2.05, 4.69) is 0 Å². The van der Waals surface area contributed by atoms with Gasteiger partial charge in [-0.3, -0.25) is 0 Å². The Balaban J connectivity index is 3.04. The van der Waals surface area contributed by atoms with Crippen LogP contribution in [0.15, 0.2) is 23.2 Å². The molecule has 0 bridgehead atoms. The van der Waals surface area contributed by atoms with Crippen molar-refractivity contribution in [3.63, 3.8) is 0 Å². The molecule has 0 radical (unpaired) electrons. The second kappa shape index (κ2) is 4.48. The summed E-state index contributed by atoms with van der Waals surface area (Å²) in [6.45, 7) is 1.83. The summed E-state index contributed by atoms with van der Waals surface area (Å²) in [6.07, 6.45) is 1.22. The van der Waals surface area contributed by atoms with Crippen molar-refractivity contribution >= 4 is 0 Å². The topological polar surface area (TPSA) is 58.9 Å². The van der Waals surface area contributed by atoms with Crippen molar-refractivity contribution in [2.24, 2.45) is 5.92 Å². The Hall–Kier alpha value is -1.00. The summed E-state index contributed by atoms with van der Waals surface area (Å²) >= 11 is 0. The van der Waals surface area contributed by atoms with E-state index in [1.807, 2.05) is 6.92 Å². The fraction of sp³-hybridized carbons (Fsp3) is 0.600. The van der Waals surface area contributed by atoms with E-state index in [9.17, 15) is 5.11 Å². The number of hydrogen-bond acceptors (Lipinski definition) is 4. The zero-order valence-corrected chi connectivity index (χ0v) is 8.65. The molecule has 0 aliphatic heterocycles. The number of allylic oxidation sites excluding steroid dienone is 1. The zero-order chi connectivity index (χ0) is 10.7. The number of methoxy groups -OCH3 is 2. The Kier molecular flexibility index (Phi) is 3.55. The van der Waals surface area contributed by atoms with E-state index in [1.54, 1.807) is 6.08 Å². The first-order valence-corrected chi connectivity index (χ1v) is 4.47. The average Bonchev–Trinajstić information content (AvgIpc) is 2.19. The zero-order valence-electron chi connectivity index (χ0n) is 8.65. The highest BCUT2D eigenvalue weighted by molar-refractivity contribution is 5.31. The van der Waals surface area contributed by atoms with Crippen LogP contribution in [0.1, 0.15) is 6.92 Å². The maximum Gasteiger partial charge on any atom is 0.164 e. The minimum Gasteiger partial charge on any atom is -0.506 e. The van der Waals surface area contributed by atoms with E-state index in [0.29, 0.717) is 5.76 Å². The van der Waals surface area contributed by atoms with Crippen LogP contribution in [-0.2, 0) is 9.47 Å². The largest absolute Gasteiger partial charge is 0.506 e. The molecule has 2 atom stereocenters. The second-order valence-electron chi connectivity index (χ2n) is 3.28. The third-order valence-corrected chi connectivity index (χ3v) is 2.53. The van der Waals surface area contributed by atoms with Gasteiger partial charge in [-0.1, -0.05) is 6.92 Å². The van der Waals surface area contributed by atoms with Gasteiger partial charge in [0, 0.05) is 13.0 Å². The molecule has 1 aliphatic carbocycles. The molecule has 0 aromatic rings. The van der Waals surface area contributed by atoms with E-state index >= 15 is 0 Å². The third-order valence-electron chi connectivity index (χ3n) is 2.53. The molecule has 1 aliphatic rings. The molecular formula is C10H16O4. The van der Waals surface area contributed by atoms with Crippen LogP contribution in [0.2, 0.25) is 0 Å². The minimum atomic E-state index is -0.433. The fourth-order valence-corrected chi connectivity index (χ4v) is 1.61. The monoisotopic (exact) mass is 200 g/mol. The lowest BCUT2D eigenvalue weighted by Gasteiger charge is -2.28. The quantitative estimate of drug-likeness (QED) is 0.713. The van der Waals surface area contributed by atoms with Gasteiger partial charge < -0.3 is 19.7 Å². The normalized spacial score (nSPS) is 27.6. The molecule has 14 heavy (non-hydrogen) atoms. The van der Waals surface area contributed by atoms with Gasteiger partial charge in [-0.2, -0.15) is 0 Å². The van der Waals surface area contributed by atoms with Crippen molar-refractivity contribution in [3.8, 4) is 0 Å². The lowest BCUT2D eigenvalue weighted by atomic mass is 9.89. The standard InChI is InChI=1S/C10H16O4/c1-6-7(5-11)4-8(13-2)9(12)10(6)14-3/h4,6,10-12H,5H2,1-3H3. The van der Waals surface area contributed by atoms with Gasteiger partial charge in [0.1, 0.15) is 6.10 Å². The van der Waals surface area contributed by atoms with Crippen LogP contribution in [0, 0.1) is 5.92 Å². The summed E-state index contributed by atoms with van der Waals surface area (Å²) in [5.41, 5.74) is 0.798. The van der Waals surface area contributed by atoms with Crippen LogP contribution in [0.25, 0.3) is 0 Å². The summed E-state index contributed by atoms with van der Waals surface area (Å²) in [7, 11) is 2.99. The van der Waals surface area contributed by atoms with Crippen LogP contribution in [-0.4, -0.2) is 37.1 Å². The van der Waals surface area contributed by atoms with Gasteiger partial charge in [0.2, 0.25) is 0 Å². The first kappa shape index (κ1) is 11.1. The number of hydrogen-bond donors (Lipinski definition) is 2. The van der Waals surface area contributed by atoms with Crippen LogP contribution < -0.4 is 0 Å². The van der Waals surface area contributed by atoms with Crippen LogP contribution >= 0.6 is 0 Å². The highest BCUT2D eigenvalue weighted by Crippen LogP contribution is 2.29. The van der Waals surface area contributed by atoms with Gasteiger partial charge in [-0.15, -0.1) is 0 Å². The van der Waals surface area contributed by atoms with Crippen LogP contribution in [0.5, 0.6) is 0 Å². The summed E-state index contributed by atoms with van der Waals surface area (Å²) < 4.78 is 10.1. The molecule has 2 unspecified atom stereocenters. The molecule has 0 heterocycles. The highest BCUT2D eigenvalue weighted by atomic mass is 16.5. The molecule has 2 N–H and O–H groups in total. The predicted molar refractivity (Wildman–Crippen MR) is 51.8 cm³/mol. The molecule has 0 aromatic heterocycles. The summed E-state index contributed by atoms with van der Waals surface area (Å²) in [4.78, 5) is 0. The number of ether oxygens (including phenoxy) is 2. The van der Waals surface area contributed by atoms with E-state index in [1.165, 1.54) is 14.2 Å². The van der Waals surface area contributed by atoms with Crippen LogP contribution in [0.4, 0.5) is 0 Å². The molecule has 4 heteroatoms. The van der Waals surface area contributed by atoms with Gasteiger partial charge in [-0.05, 0) is 11.6 Å². The maximum atomic E-state index is 9.72. The molecule has 80 valence electrons. The maximum absolute atomic E-state index is 9.72. The van der Waals surface area contributed by atoms with Gasteiger partial charge in [0.15, 0.2) is 11.5 Å². The summed E-state index contributed by atoms with van der Waals surface area (Å²) in [5.74, 6) is 0.405. The van der Waals surface area contributed by atoms with Crippen molar-refractivity contribution in [1.82, 2.24) is 0 Å². The lowest BCUT2D eigenvalue weighted by molar-refractivity contribution is 0.0488. The van der Waals surface area contributed by atoms with E-state index in [0.717, 1.165) is 5.57 Å². The minimum absolute atomic E-state index is 0.0381. The molecule has 4 nitrogen and oxygen atoms in total. The number of aliphatic hydroxyl groups is 2. The van der Waals surface area contributed by atoms with Gasteiger partial charge in [0.25, 0.3) is 0 Å². The first-order valence-electron chi connectivity index (χ1n) is 4.47. The molecule has 0 saturated heterocycles. The average molecular weight is 200 g/mol. The van der Waals surface area contributed by atoms with Crippen molar-refractivity contribution in [2.45, 2.75) is 13.0 Å². The predicted octanol–water partition coefficient (Wildman–Crippen LogP) is 0.986. The van der Waals surface area contributed by atoms with Crippen molar-refractivity contribution in [2.75, 3.05) is 20.8 Å². The molecule has 0 fully saturated rings. The van der Waals surface area contributed by atoms with Crippen LogP contribution in [0.3, 0.4) is 0 Å². The first-order chi connectivity index (χ1) is 6.65.